The Bertz CT molecular complexity index is 339. The van der Waals surface area contributed by atoms with Crippen LogP contribution in [0.15, 0.2) is 12.1 Å². The second-order valence-electron chi connectivity index (χ2n) is 2.53. The van der Waals surface area contributed by atoms with E-state index in [9.17, 15) is 8.78 Å². The predicted octanol–water partition coefficient (Wildman–Crippen LogP) is 2.34. The minimum atomic E-state index is -0.653. The number of hydrogen-bond acceptors (Lipinski definition) is 1. The molecule has 0 aliphatic rings. The Morgan fingerprint density at radius 2 is 2.00 bits per heavy atom. The van der Waals surface area contributed by atoms with Crippen molar-refractivity contribution < 1.29 is 8.78 Å². The van der Waals surface area contributed by atoms with Gasteiger partial charge in [0.05, 0.1) is 12.5 Å². The van der Waals surface area contributed by atoms with Crippen LogP contribution in [-0.4, -0.2) is 0 Å². The molecule has 1 nitrogen and oxygen atoms in total. The first-order chi connectivity index (χ1) is 5.65. The van der Waals surface area contributed by atoms with Crippen LogP contribution in [0.3, 0.4) is 0 Å². The van der Waals surface area contributed by atoms with Crippen molar-refractivity contribution in [2.75, 3.05) is 0 Å². The van der Waals surface area contributed by atoms with Gasteiger partial charge in [-0.2, -0.15) is 5.26 Å². The molecule has 1 aromatic rings. The number of benzene rings is 1. The van der Waals surface area contributed by atoms with Gasteiger partial charge in [0.2, 0.25) is 0 Å². The summed E-state index contributed by atoms with van der Waals surface area (Å²) >= 11 is 0. The molecule has 0 aliphatic carbocycles. The Morgan fingerprint density at radius 3 is 2.58 bits per heavy atom. The molecule has 0 fully saturated rings. The van der Waals surface area contributed by atoms with E-state index in [-0.39, 0.29) is 12.0 Å². The minimum absolute atomic E-state index is 0.0209. The van der Waals surface area contributed by atoms with Gasteiger partial charge >= 0.3 is 0 Å². The molecular weight excluding hydrogens is 160 g/mol. The van der Waals surface area contributed by atoms with Crippen molar-refractivity contribution in [3.05, 3.63) is 34.9 Å². The summed E-state index contributed by atoms with van der Waals surface area (Å²) in [5, 5.41) is 8.29. The van der Waals surface area contributed by atoms with E-state index in [2.05, 4.69) is 0 Å². The zero-order chi connectivity index (χ0) is 9.14. The Labute approximate surface area is 69.2 Å². The lowest BCUT2D eigenvalue weighted by atomic mass is 10.1. The fourth-order valence-corrected chi connectivity index (χ4v) is 0.938. The predicted molar refractivity (Wildman–Crippen MR) is 40.4 cm³/mol. The Kier molecular flexibility index (Phi) is 2.39. The highest BCUT2D eigenvalue weighted by molar-refractivity contribution is 5.27. The average Bonchev–Trinajstić information content (AvgIpc) is 2.01. The van der Waals surface area contributed by atoms with Gasteiger partial charge in [-0.3, -0.25) is 0 Å². The van der Waals surface area contributed by atoms with Crippen molar-refractivity contribution in [1.82, 2.24) is 0 Å². The van der Waals surface area contributed by atoms with Crippen molar-refractivity contribution in [3.8, 4) is 6.07 Å². The van der Waals surface area contributed by atoms with Crippen molar-refractivity contribution in [1.29, 1.82) is 5.26 Å². The summed E-state index contributed by atoms with van der Waals surface area (Å²) in [5.74, 6) is -1.23. The van der Waals surface area contributed by atoms with E-state index < -0.39 is 11.6 Å². The van der Waals surface area contributed by atoms with Gasteiger partial charge in [0.25, 0.3) is 0 Å². The first kappa shape index (κ1) is 8.66. The molecule has 1 rings (SSSR count). The van der Waals surface area contributed by atoms with Crippen LogP contribution in [0, 0.1) is 29.9 Å². The van der Waals surface area contributed by atoms with Crippen LogP contribution in [0.1, 0.15) is 11.1 Å². The molecule has 0 aliphatic heterocycles. The lowest BCUT2D eigenvalue weighted by molar-refractivity contribution is 0.570. The molecule has 12 heavy (non-hydrogen) atoms. The summed E-state index contributed by atoms with van der Waals surface area (Å²) < 4.78 is 25.5. The maximum atomic E-state index is 12.8. The van der Waals surface area contributed by atoms with Gasteiger partial charge in [0.1, 0.15) is 11.6 Å². The SMILES string of the molecule is Cc1cc(CC#N)c(F)cc1F. The summed E-state index contributed by atoms with van der Waals surface area (Å²) in [5.41, 5.74) is 0.609. The average molecular weight is 167 g/mol. The Morgan fingerprint density at radius 1 is 1.33 bits per heavy atom. The highest BCUT2D eigenvalue weighted by Gasteiger charge is 2.05. The molecule has 0 atom stereocenters. The molecule has 0 N–H and O–H groups in total. The summed E-state index contributed by atoms with van der Waals surface area (Å²) in [6.07, 6.45) is -0.0209. The van der Waals surface area contributed by atoms with Crippen LogP contribution < -0.4 is 0 Å². The number of nitrogens with zero attached hydrogens (tertiary/aromatic N) is 1. The van der Waals surface area contributed by atoms with Crippen molar-refractivity contribution >= 4 is 0 Å². The zero-order valence-electron chi connectivity index (χ0n) is 6.56. The first-order valence-corrected chi connectivity index (χ1v) is 3.46. The lowest BCUT2D eigenvalue weighted by Crippen LogP contribution is -1.93. The number of aryl methyl sites for hydroxylation is 1. The Hall–Kier alpha value is -1.43. The number of halogens is 2. The fraction of sp³-hybridized carbons (Fsp3) is 0.222. The quantitative estimate of drug-likeness (QED) is 0.629. The highest BCUT2D eigenvalue weighted by Crippen LogP contribution is 2.14. The van der Waals surface area contributed by atoms with Crippen molar-refractivity contribution in [3.63, 3.8) is 0 Å². The van der Waals surface area contributed by atoms with E-state index in [0.29, 0.717) is 5.56 Å². The van der Waals surface area contributed by atoms with Gasteiger partial charge in [-0.1, -0.05) is 0 Å². The second-order valence-corrected chi connectivity index (χ2v) is 2.53. The molecule has 0 unspecified atom stereocenters. The third-order valence-electron chi connectivity index (χ3n) is 1.60. The molecular formula is C9H7F2N. The third-order valence-corrected chi connectivity index (χ3v) is 1.60. The minimum Gasteiger partial charge on any atom is -0.207 e. The van der Waals surface area contributed by atoms with Crippen LogP contribution in [0.5, 0.6) is 0 Å². The molecule has 62 valence electrons. The number of rotatable bonds is 1. The van der Waals surface area contributed by atoms with Gasteiger partial charge in [-0.15, -0.1) is 0 Å². The second kappa shape index (κ2) is 3.31. The van der Waals surface area contributed by atoms with Gasteiger partial charge in [-0.05, 0) is 18.6 Å². The molecule has 1 aromatic carbocycles. The van der Waals surface area contributed by atoms with Crippen LogP contribution >= 0.6 is 0 Å². The third kappa shape index (κ3) is 1.59. The molecule has 0 bridgehead atoms. The van der Waals surface area contributed by atoms with Crippen molar-refractivity contribution in [2.45, 2.75) is 13.3 Å². The van der Waals surface area contributed by atoms with Crippen molar-refractivity contribution in [2.24, 2.45) is 0 Å². The summed E-state index contributed by atoms with van der Waals surface area (Å²) in [6, 6.07) is 3.97. The van der Waals surface area contributed by atoms with Crippen LogP contribution in [-0.2, 0) is 6.42 Å². The van der Waals surface area contributed by atoms with E-state index in [0.717, 1.165) is 6.07 Å². The molecule has 0 radical (unpaired) electrons. The smallest absolute Gasteiger partial charge is 0.130 e. The largest absolute Gasteiger partial charge is 0.207 e. The van der Waals surface area contributed by atoms with E-state index >= 15 is 0 Å². The number of hydrogen-bond donors (Lipinski definition) is 0. The molecule has 0 saturated heterocycles. The van der Waals surface area contributed by atoms with Gasteiger partial charge in [0.15, 0.2) is 0 Å². The van der Waals surface area contributed by atoms with E-state index in [1.54, 1.807) is 0 Å². The summed E-state index contributed by atoms with van der Waals surface area (Å²) in [4.78, 5) is 0. The van der Waals surface area contributed by atoms with E-state index in [1.807, 2.05) is 6.07 Å². The van der Waals surface area contributed by atoms with Gasteiger partial charge < -0.3 is 0 Å². The summed E-state index contributed by atoms with van der Waals surface area (Å²) in [7, 11) is 0. The molecule has 0 amide bonds. The first-order valence-electron chi connectivity index (χ1n) is 3.46. The van der Waals surface area contributed by atoms with E-state index in [4.69, 9.17) is 5.26 Å². The normalized spacial score (nSPS) is 9.50. The molecule has 0 spiro atoms. The fourth-order valence-electron chi connectivity index (χ4n) is 0.938. The topological polar surface area (TPSA) is 23.8 Å². The lowest BCUT2D eigenvalue weighted by Gasteiger charge is -2.00. The zero-order valence-corrected chi connectivity index (χ0v) is 6.56. The molecule has 0 saturated carbocycles. The molecule has 3 heteroatoms. The summed E-state index contributed by atoms with van der Waals surface area (Å²) in [6.45, 7) is 1.54. The van der Waals surface area contributed by atoms with E-state index in [1.165, 1.54) is 13.0 Å². The van der Waals surface area contributed by atoms with Gasteiger partial charge in [-0.25, -0.2) is 8.78 Å². The maximum absolute atomic E-state index is 12.8. The monoisotopic (exact) mass is 167 g/mol. The van der Waals surface area contributed by atoms with Crippen LogP contribution in [0.2, 0.25) is 0 Å². The standard InChI is InChI=1S/C9H7F2N/c1-6-4-7(2-3-12)9(11)5-8(6)10/h4-5H,2H2,1H3. The van der Waals surface area contributed by atoms with Crippen LogP contribution in [0.25, 0.3) is 0 Å². The van der Waals surface area contributed by atoms with Gasteiger partial charge in [0, 0.05) is 11.6 Å². The highest BCUT2D eigenvalue weighted by atomic mass is 19.1. The maximum Gasteiger partial charge on any atom is 0.130 e. The molecule has 0 aromatic heterocycles. The molecule has 0 heterocycles. The number of nitriles is 1. The van der Waals surface area contributed by atoms with Crippen LogP contribution in [0.4, 0.5) is 8.78 Å². The Balaban J connectivity index is 3.16.